The number of hydrogen-bond donors (Lipinski definition) is 3. The van der Waals surface area contributed by atoms with Gasteiger partial charge in [-0.1, -0.05) is 5.92 Å². The Kier molecular flexibility index (Phi) is 3.55. The lowest BCUT2D eigenvalue weighted by Gasteiger charge is -2.08. The topological polar surface area (TPSA) is 134 Å². The van der Waals surface area contributed by atoms with Crippen LogP contribution in [0.25, 0.3) is 0 Å². The summed E-state index contributed by atoms with van der Waals surface area (Å²) in [5.74, 6) is 5.04. The number of nitrogen functional groups attached to an aromatic ring is 1. The predicted molar refractivity (Wildman–Crippen MR) is 74.4 cm³/mol. The van der Waals surface area contributed by atoms with Crippen molar-refractivity contribution in [2.75, 3.05) is 5.73 Å². The van der Waals surface area contributed by atoms with Gasteiger partial charge in [-0.15, -0.1) is 0 Å². The minimum atomic E-state index is -0.882. The smallest absolute Gasteiger partial charge is 0.406 e. The first-order valence-corrected chi connectivity index (χ1v) is 6.39. The van der Waals surface area contributed by atoms with E-state index in [1.54, 1.807) is 0 Å². The van der Waals surface area contributed by atoms with Gasteiger partial charge < -0.3 is 21.9 Å². The number of halogens is 1. The largest absolute Gasteiger partial charge is 0.430 e. The van der Waals surface area contributed by atoms with Crippen LogP contribution in [0.4, 0.5) is 10.6 Å². The molecule has 2 rings (SSSR count). The summed E-state index contributed by atoms with van der Waals surface area (Å²) in [6.45, 7) is 0. The molecule has 0 spiro atoms. The Balaban J connectivity index is 2.38. The van der Waals surface area contributed by atoms with Crippen molar-refractivity contribution in [3.63, 3.8) is 0 Å². The molecule has 1 aliphatic carbocycles. The lowest BCUT2D eigenvalue weighted by atomic mass is 10.1. The quantitative estimate of drug-likeness (QED) is 0.675. The molecule has 0 unspecified atom stereocenters. The van der Waals surface area contributed by atoms with Crippen LogP contribution < -0.4 is 17.2 Å². The molecular weight excluding hydrogens is 328 g/mol. The number of primary amides is 2. The van der Waals surface area contributed by atoms with Crippen LogP contribution in [0, 0.1) is 11.8 Å². The van der Waals surface area contributed by atoms with Crippen LogP contribution in [0.15, 0.2) is 10.7 Å². The molecule has 7 nitrogen and oxygen atoms in total. The fourth-order valence-electron chi connectivity index (χ4n) is 1.53. The van der Waals surface area contributed by atoms with Gasteiger partial charge >= 0.3 is 6.09 Å². The molecule has 1 fully saturated rings. The second kappa shape index (κ2) is 5.02. The van der Waals surface area contributed by atoms with E-state index in [1.165, 1.54) is 6.20 Å². The molecule has 1 aromatic heterocycles. The van der Waals surface area contributed by atoms with E-state index >= 15 is 0 Å². The first-order chi connectivity index (χ1) is 9.34. The molecule has 20 heavy (non-hydrogen) atoms. The van der Waals surface area contributed by atoms with Crippen LogP contribution in [-0.2, 0) is 4.74 Å². The Hall–Kier alpha value is -2.27. The summed E-state index contributed by atoms with van der Waals surface area (Å²) in [5.41, 5.74) is 15.5. The van der Waals surface area contributed by atoms with Gasteiger partial charge in [0, 0.05) is 19.0 Å². The molecule has 8 heteroatoms. The third-order valence-corrected chi connectivity index (χ3v) is 3.55. The molecule has 1 saturated carbocycles. The molecule has 104 valence electrons. The molecule has 0 aromatic carbocycles. The molecule has 0 bridgehead atoms. The summed E-state index contributed by atoms with van der Waals surface area (Å²) >= 11 is 3.22. The van der Waals surface area contributed by atoms with Crippen molar-refractivity contribution in [2.45, 2.75) is 18.4 Å². The van der Waals surface area contributed by atoms with Crippen LogP contribution in [0.2, 0.25) is 0 Å². The molecule has 2 amide bonds. The van der Waals surface area contributed by atoms with Gasteiger partial charge in [0.1, 0.15) is 5.82 Å². The summed E-state index contributed by atoms with van der Waals surface area (Å²) in [6.07, 6.45) is 1.58. The highest BCUT2D eigenvalue weighted by molar-refractivity contribution is 9.10. The Bertz CT molecular complexity index is 659. The van der Waals surface area contributed by atoms with Crippen molar-refractivity contribution in [3.05, 3.63) is 21.8 Å². The third kappa shape index (κ3) is 2.83. The number of nitrogens with zero attached hydrogens (tertiary/aromatic N) is 1. The zero-order valence-corrected chi connectivity index (χ0v) is 11.9. The monoisotopic (exact) mass is 338 g/mol. The highest BCUT2D eigenvalue weighted by Crippen LogP contribution is 2.39. The standard InChI is InChI=1S/C12H11BrN4O3/c13-8-6(9(14)17-5-7(8)10(15)18)1-2-12(3-4-12)20-11(16)19/h5H,3-4H2,(H2,14,17)(H2,15,18)(H2,16,19). The zero-order valence-electron chi connectivity index (χ0n) is 10.3. The third-order valence-electron chi connectivity index (χ3n) is 2.73. The van der Waals surface area contributed by atoms with Crippen LogP contribution in [-0.4, -0.2) is 22.6 Å². The number of ether oxygens (including phenoxy) is 1. The molecule has 1 heterocycles. The van der Waals surface area contributed by atoms with Crippen LogP contribution in [0.3, 0.4) is 0 Å². The summed E-state index contributed by atoms with van der Waals surface area (Å²) in [5, 5.41) is 0. The molecule has 0 aliphatic heterocycles. The first-order valence-electron chi connectivity index (χ1n) is 5.60. The highest BCUT2D eigenvalue weighted by atomic mass is 79.9. The molecule has 1 aromatic rings. The van der Waals surface area contributed by atoms with E-state index in [0.717, 1.165) is 0 Å². The Morgan fingerprint density at radius 2 is 2.05 bits per heavy atom. The number of carbonyl (C=O) groups is 2. The number of carbonyl (C=O) groups excluding carboxylic acids is 2. The number of rotatable bonds is 2. The van der Waals surface area contributed by atoms with E-state index in [2.05, 4.69) is 32.8 Å². The summed E-state index contributed by atoms with van der Waals surface area (Å²) in [4.78, 5) is 25.8. The number of nitrogens with two attached hydrogens (primary N) is 3. The van der Waals surface area contributed by atoms with Crippen molar-refractivity contribution < 1.29 is 14.3 Å². The number of pyridine rings is 1. The number of hydrogen-bond acceptors (Lipinski definition) is 5. The summed E-state index contributed by atoms with van der Waals surface area (Å²) < 4.78 is 5.29. The van der Waals surface area contributed by atoms with Gasteiger partial charge in [0.15, 0.2) is 5.60 Å². The number of anilines is 1. The molecule has 1 aliphatic rings. The SMILES string of the molecule is NC(=O)OC1(C#Cc2c(N)ncc(C(N)=O)c2Br)CC1. The van der Waals surface area contributed by atoms with E-state index in [4.69, 9.17) is 21.9 Å². The van der Waals surface area contributed by atoms with Gasteiger partial charge in [-0.25, -0.2) is 9.78 Å². The molecule has 0 atom stereocenters. The van der Waals surface area contributed by atoms with E-state index < -0.39 is 17.6 Å². The Morgan fingerprint density at radius 1 is 1.40 bits per heavy atom. The summed E-state index contributed by atoms with van der Waals surface area (Å²) in [7, 11) is 0. The average molecular weight is 339 g/mol. The predicted octanol–water partition coefficient (Wildman–Crippen LogP) is 0.505. The maximum Gasteiger partial charge on any atom is 0.406 e. The fraction of sp³-hybridized carbons (Fsp3) is 0.250. The van der Waals surface area contributed by atoms with Crippen LogP contribution >= 0.6 is 15.9 Å². The summed E-state index contributed by atoms with van der Waals surface area (Å²) in [6, 6.07) is 0. The zero-order chi connectivity index (χ0) is 14.9. The van der Waals surface area contributed by atoms with Gasteiger partial charge in [0.25, 0.3) is 5.91 Å². The van der Waals surface area contributed by atoms with Gasteiger partial charge in [0.05, 0.1) is 15.6 Å². The fourth-order valence-corrected chi connectivity index (χ4v) is 2.13. The average Bonchev–Trinajstić information content (AvgIpc) is 3.07. The minimum absolute atomic E-state index is 0.143. The van der Waals surface area contributed by atoms with Crippen molar-refractivity contribution in [3.8, 4) is 11.8 Å². The molecule has 6 N–H and O–H groups in total. The van der Waals surface area contributed by atoms with Gasteiger partial charge in [-0.05, 0) is 21.9 Å². The lowest BCUT2D eigenvalue weighted by Crippen LogP contribution is -2.22. The lowest BCUT2D eigenvalue weighted by molar-refractivity contribution is 0.0999. The van der Waals surface area contributed by atoms with Crippen molar-refractivity contribution in [1.82, 2.24) is 4.98 Å². The Labute approximate surface area is 123 Å². The van der Waals surface area contributed by atoms with Crippen molar-refractivity contribution >= 4 is 33.7 Å². The second-order valence-corrected chi connectivity index (χ2v) is 5.07. The van der Waals surface area contributed by atoms with Crippen molar-refractivity contribution in [2.24, 2.45) is 11.5 Å². The maximum absolute atomic E-state index is 11.2. The maximum atomic E-state index is 11.2. The van der Waals surface area contributed by atoms with Gasteiger partial charge in [-0.2, -0.15) is 0 Å². The van der Waals surface area contributed by atoms with Crippen LogP contribution in [0.1, 0.15) is 28.8 Å². The van der Waals surface area contributed by atoms with Gasteiger partial charge in [0.2, 0.25) is 0 Å². The number of aromatic nitrogens is 1. The number of amides is 2. The Morgan fingerprint density at radius 3 is 2.55 bits per heavy atom. The molecular formula is C12H11BrN4O3. The van der Waals surface area contributed by atoms with E-state index in [0.29, 0.717) is 22.9 Å². The normalized spacial score (nSPS) is 14.8. The van der Waals surface area contributed by atoms with E-state index in [-0.39, 0.29) is 11.4 Å². The molecule has 0 saturated heterocycles. The molecule has 0 radical (unpaired) electrons. The first kappa shape index (κ1) is 14.1. The highest BCUT2D eigenvalue weighted by Gasteiger charge is 2.45. The van der Waals surface area contributed by atoms with E-state index in [1.807, 2.05) is 0 Å². The van der Waals surface area contributed by atoms with Gasteiger partial charge in [-0.3, -0.25) is 4.79 Å². The minimum Gasteiger partial charge on any atom is -0.430 e. The van der Waals surface area contributed by atoms with Crippen molar-refractivity contribution in [1.29, 1.82) is 0 Å². The van der Waals surface area contributed by atoms with E-state index in [9.17, 15) is 9.59 Å². The van der Waals surface area contributed by atoms with Crippen LogP contribution in [0.5, 0.6) is 0 Å². The second-order valence-electron chi connectivity index (χ2n) is 4.28.